The van der Waals surface area contributed by atoms with Crippen LogP contribution >= 0.6 is 0 Å². The number of hydrogen-bond acceptors (Lipinski definition) is 10. The number of carboxylic acid groups (broad SMARTS) is 1. The molecular formula is C21H31F3O14S4. The molecule has 244 valence electrons. The van der Waals surface area contributed by atoms with E-state index in [1.165, 1.54) is 12.1 Å². The van der Waals surface area contributed by atoms with Crippen LogP contribution in [0.1, 0.15) is 38.7 Å². The molecule has 2 unspecified atom stereocenters. The number of halogens is 3. The van der Waals surface area contributed by atoms with Crippen LogP contribution in [0.3, 0.4) is 0 Å². The predicted molar refractivity (Wildman–Crippen MR) is 141 cm³/mol. The highest BCUT2D eigenvalue weighted by Gasteiger charge is 2.65. The van der Waals surface area contributed by atoms with E-state index in [0.717, 1.165) is 18.2 Å². The lowest BCUT2D eigenvalue weighted by molar-refractivity contribution is -0.134. The molecule has 2 fully saturated rings. The average Bonchev–Trinajstić information content (AvgIpc) is 3.04. The fraction of sp³-hybridized carbons (Fsp3) is 0.619. The summed E-state index contributed by atoms with van der Waals surface area (Å²) in [5, 5.41) is 7.87. The van der Waals surface area contributed by atoms with E-state index in [-0.39, 0.29) is 22.0 Å². The third-order valence-electron chi connectivity index (χ3n) is 6.56. The molecule has 1 aromatic carbocycles. The Morgan fingerprint density at radius 1 is 0.952 bits per heavy atom. The van der Waals surface area contributed by atoms with E-state index >= 15 is 0 Å². The summed E-state index contributed by atoms with van der Waals surface area (Å²) in [5.74, 6) is -2.20. The summed E-state index contributed by atoms with van der Waals surface area (Å²) in [5.41, 5.74) is -5.70. The van der Waals surface area contributed by atoms with Crippen LogP contribution in [0.25, 0.3) is 0 Å². The van der Waals surface area contributed by atoms with E-state index in [0.29, 0.717) is 12.8 Å². The van der Waals surface area contributed by atoms with Gasteiger partial charge in [-0.25, -0.2) is 8.42 Å². The fourth-order valence-corrected chi connectivity index (χ4v) is 6.58. The zero-order chi connectivity index (χ0) is 33.8. The van der Waals surface area contributed by atoms with Crippen molar-refractivity contribution in [3.8, 4) is 0 Å². The van der Waals surface area contributed by atoms with Crippen molar-refractivity contribution >= 4 is 51.9 Å². The lowest BCUT2D eigenvalue weighted by Gasteiger charge is -2.35. The number of aliphatic carboxylic acids is 1. The molecule has 0 heterocycles. The molecule has 2 aliphatic carbocycles. The van der Waals surface area contributed by atoms with Gasteiger partial charge >= 0.3 is 21.6 Å². The van der Waals surface area contributed by atoms with E-state index in [2.05, 4.69) is 0 Å². The number of ketones is 1. The molecule has 2 aliphatic rings. The van der Waals surface area contributed by atoms with Crippen molar-refractivity contribution in [1.29, 1.82) is 0 Å². The summed E-state index contributed by atoms with van der Waals surface area (Å²) in [6, 6.07) is 5.99. The van der Waals surface area contributed by atoms with E-state index in [1.54, 1.807) is 12.1 Å². The molecule has 2 atom stereocenters. The minimum atomic E-state index is -5.84. The van der Waals surface area contributed by atoms with Gasteiger partial charge in [0.25, 0.3) is 20.2 Å². The van der Waals surface area contributed by atoms with Gasteiger partial charge in [-0.2, -0.15) is 38.4 Å². The Balaban J connectivity index is 0.000000557. The van der Waals surface area contributed by atoms with Gasteiger partial charge in [-0.3, -0.25) is 23.2 Å². The number of carbonyl (C=O) groups excluding carboxylic acids is 1. The van der Waals surface area contributed by atoms with Gasteiger partial charge in [0.1, 0.15) is 11.5 Å². The summed E-state index contributed by atoms with van der Waals surface area (Å²) in [6.45, 7) is 5.73. The van der Waals surface area contributed by atoms with E-state index in [1.807, 2.05) is 20.8 Å². The average molecular weight is 693 g/mol. The molecule has 3 rings (SSSR count). The SMILES string of the molecule is CC1(C)C2CCC1(CS(=O)(=O)O)C(=O)C2.CS(=O)(=O)CC(=O)O.Cc1ccc(S(=O)(=O)O)cc1.O=S(=O)(O)C(F)(F)F. The summed E-state index contributed by atoms with van der Waals surface area (Å²) < 4.78 is 138. The van der Waals surface area contributed by atoms with Gasteiger partial charge in [0.15, 0.2) is 9.84 Å². The van der Waals surface area contributed by atoms with Crippen LogP contribution in [0.4, 0.5) is 13.2 Å². The van der Waals surface area contributed by atoms with Crippen LogP contribution in [0.15, 0.2) is 29.2 Å². The van der Waals surface area contributed by atoms with Crippen molar-refractivity contribution in [2.75, 3.05) is 17.8 Å². The van der Waals surface area contributed by atoms with Crippen LogP contribution in [0.5, 0.6) is 0 Å². The van der Waals surface area contributed by atoms with Crippen molar-refractivity contribution < 1.29 is 75.2 Å². The van der Waals surface area contributed by atoms with Crippen LogP contribution in [0, 0.1) is 23.7 Å². The Kier molecular flexibility index (Phi) is 12.9. The standard InChI is InChI=1S/C10H16O4S.C7H8O3S.C3H6O4S.CHF3O3S/c1-9(2)7-3-4-10(9,8(11)5-7)6-15(12,13)14;1-6-2-4-7(5-3-6)11(8,9)10;1-8(6,7)2-3(4)5;2-1(3,4)8(5,6)7/h7H,3-6H2,1-2H3,(H,12,13,14);2-5H,1H3,(H,8,9,10);2H2,1H3,(H,4,5);(H,5,6,7). The van der Waals surface area contributed by atoms with Crippen molar-refractivity contribution in [3.05, 3.63) is 29.8 Å². The van der Waals surface area contributed by atoms with Gasteiger partial charge in [-0.15, -0.1) is 0 Å². The van der Waals surface area contributed by atoms with Gasteiger partial charge < -0.3 is 5.11 Å². The molecule has 0 aromatic heterocycles. The van der Waals surface area contributed by atoms with Gasteiger partial charge in [-0.1, -0.05) is 31.5 Å². The number of fused-ring (bicyclic) bond motifs is 2. The maximum absolute atomic E-state index is 11.9. The number of hydrogen-bond donors (Lipinski definition) is 4. The normalized spacial score (nSPS) is 21.6. The maximum Gasteiger partial charge on any atom is 0.522 e. The van der Waals surface area contributed by atoms with Crippen LogP contribution in [-0.2, 0) is 49.8 Å². The first-order valence-electron chi connectivity index (χ1n) is 11.3. The summed E-state index contributed by atoms with van der Waals surface area (Å²) in [7, 11) is -17.3. The van der Waals surface area contributed by atoms with E-state index in [9.17, 15) is 48.0 Å². The number of aryl methyl sites for hydroxylation is 1. The molecule has 2 bridgehead atoms. The third kappa shape index (κ3) is 12.2. The van der Waals surface area contributed by atoms with E-state index < -0.39 is 68.6 Å². The van der Waals surface area contributed by atoms with Gasteiger partial charge in [0, 0.05) is 12.7 Å². The molecule has 1 aromatic rings. The first-order valence-corrected chi connectivity index (χ1v) is 17.9. The number of alkyl halides is 3. The second-order valence-corrected chi connectivity index (χ2v) is 16.5. The number of carboxylic acids is 1. The molecule has 0 aliphatic heterocycles. The van der Waals surface area contributed by atoms with Crippen molar-refractivity contribution in [3.63, 3.8) is 0 Å². The maximum atomic E-state index is 11.9. The lowest BCUT2D eigenvalue weighted by Crippen LogP contribution is -2.42. The van der Waals surface area contributed by atoms with E-state index in [4.69, 9.17) is 27.2 Å². The predicted octanol–water partition coefficient (Wildman–Crippen LogP) is 2.02. The highest BCUT2D eigenvalue weighted by molar-refractivity contribution is 7.91. The minimum Gasteiger partial charge on any atom is -0.480 e. The molecule has 21 heteroatoms. The quantitative estimate of drug-likeness (QED) is 0.255. The van der Waals surface area contributed by atoms with Crippen LogP contribution in [0.2, 0.25) is 0 Å². The summed E-state index contributed by atoms with van der Waals surface area (Å²) in [6.07, 6.45) is 2.85. The van der Waals surface area contributed by atoms with Crippen LogP contribution in [-0.4, -0.2) is 87.5 Å². The highest BCUT2D eigenvalue weighted by Crippen LogP contribution is 2.64. The second-order valence-electron chi connectivity index (χ2n) is 10.1. The molecule has 0 saturated heterocycles. The smallest absolute Gasteiger partial charge is 0.480 e. The van der Waals surface area contributed by atoms with Crippen molar-refractivity contribution in [2.24, 2.45) is 16.7 Å². The number of Topliss-reactive ketones (excluding diaryl/α,β-unsaturated/α-hetero) is 1. The highest BCUT2D eigenvalue weighted by atomic mass is 32.2. The zero-order valence-electron chi connectivity index (χ0n) is 22.6. The summed E-state index contributed by atoms with van der Waals surface area (Å²) >= 11 is 0. The third-order valence-corrected chi connectivity index (χ3v) is 9.65. The molecule has 4 N–H and O–H groups in total. The number of carbonyl (C=O) groups is 2. The second kappa shape index (κ2) is 13.6. The largest absolute Gasteiger partial charge is 0.522 e. The Morgan fingerprint density at radius 3 is 1.60 bits per heavy atom. The number of rotatable bonds is 5. The Hall–Kier alpha value is -2.17. The summed E-state index contributed by atoms with van der Waals surface area (Å²) in [4.78, 5) is 21.4. The molecule has 14 nitrogen and oxygen atoms in total. The molecular weight excluding hydrogens is 661 g/mol. The van der Waals surface area contributed by atoms with Crippen LogP contribution < -0.4 is 0 Å². The Labute approximate surface area is 241 Å². The molecule has 2 saturated carbocycles. The first kappa shape index (κ1) is 39.8. The number of sulfone groups is 1. The van der Waals surface area contributed by atoms with Gasteiger partial charge in [0.2, 0.25) is 0 Å². The van der Waals surface area contributed by atoms with Gasteiger partial charge in [-0.05, 0) is 43.2 Å². The lowest BCUT2D eigenvalue weighted by atomic mass is 9.70. The fourth-order valence-electron chi connectivity index (χ4n) is 4.35. The molecule has 0 radical (unpaired) electrons. The van der Waals surface area contributed by atoms with Gasteiger partial charge in [0.05, 0.1) is 16.1 Å². The van der Waals surface area contributed by atoms with Crippen molar-refractivity contribution in [1.82, 2.24) is 0 Å². The number of benzene rings is 1. The molecule has 0 spiro atoms. The Bertz CT molecular complexity index is 1560. The Morgan fingerprint density at radius 2 is 1.38 bits per heavy atom. The minimum absolute atomic E-state index is 0.0152. The van der Waals surface area contributed by atoms with Crippen molar-refractivity contribution in [2.45, 2.75) is 50.4 Å². The molecule has 0 amide bonds. The zero-order valence-corrected chi connectivity index (χ0v) is 25.8. The topological polar surface area (TPSA) is 252 Å². The monoisotopic (exact) mass is 692 g/mol. The molecule has 42 heavy (non-hydrogen) atoms. The first-order chi connectivity index (χ1) is 18.4.